The Morgan fingerprint density at radius 1 is 0.853 bits per heavy atom. The van der Waals surface area contributed by atoms with E-state index < -0.39 is 11.8 Å². The van der Waals surface area contributed by atoms with Gasteiger partial charge < -0.3 is 14.8 Å². The zero-order valence-electron chi connectivity index (χ0n) is 18.5. The lowest BCUT2D eigenvalue weighted by molar-refractivity contribution is -0.117. The zero-order chi connectivity index (χ0) is 23.8. The van der Waals surface area contributed by atoms with Crippen molar-refractivity contribution in [2.45, 2.75) is 6.92 Å². The van der Waals surface area contributed by atoms with Crippen molar-refractivity contribution in [2.24, 2.45) is 5.10 Å². The van der Waals surface area contributed by atoms with E-state index in [0.717, 1.165) is 11.1 Å². The number of nitrogens with zero attached hydrogens (tertiary/aromatic N) is 1. The molecule has 0 aliphatic carbocycles. The Kier molecular flexibility index (Phi) is 7.15. The lowest BCUT2D eigenvalue weighted by atomic mass is 10.1. The minimum absolute atomic E-state index is 0.0366. The van der Waals surface area contributed by atoms with Gasteiger partial charge in [0.05, 0.1) is 6.21 Å². The number of carbonyl (C=O) groups excluding carboxylic acids is 2. The predicted molar refractivity (Wildman–Crippen MR) is 131 cm³/mol. The van der Waals surface area contributed by atoms with E-state index in [0.29, 0.717) is 22.6 Å². The van der Waals surface area contributed by atoms with Crippen LogP contribution < -0.4 is 20.2 Å². The fourth-order valence-electron chi connectivity index (χ4n) is 3.21. The highest BCUT2D eigenvalue weighted by molar-refractivity contribution is 6.05. The van der Waals surface area contributed by atoms with Crippen molar-refractivity contribution in [3.05, 3.63) is 107 Å². The van der Waals surface area contributed by atoms with Gasteiger partial charge in [-0.05, 0) is 54.0 Å². The Hall–Kier alpha value is -4.65. The first kappa shape index (κ1) is 22.5. The number of nitrogens with one attached hydrogen (secondary N) is 2. The maximum atomic E-state index is 12.9. The van der Waals surface area contributed by atoms with Crippen molar-refractivity contribution >= 4 is 30.2 Å². The molecule has 0 unspecified atom stereocenters. The molecular weight excluding hydrogens is 430 g/mol. The number of allylic oxidation sites excluding steroid dienone is 1. The number of hydrogen-bond acceptors (Lipinski definition) is 5. The van der Waals surface area contributed by atoms with E-state index in [-0.39, 0.29) is 12.5 Å². The second-order valence-corrected chi connectivity index (χ2v) is 7.49. The molecule has 3 aromatic rings. The molecule has 7 heteroatoms. The molecular formula is C27H23N3O4. The van der Waals surface area contributed by atoms with Crippen LogP contribution in [0, 0.1) is 0 Å². The highest BCUT2D eigenvalue weighted by Gasteiger charge is 2.16. The number of ether oxygens (including phenoxy) is 2. The van der Waals surface area contributed by atoms with Gasteiger partial charge in [0.1, 0.15) is 5.70 Å². The summed E-state index contributed by atoms with van der Waals surface area (Å²) in [6.45, 7) is 2.02. The van der Waals surface area contributed by atoms with E-state index in [2.05, 4.69) is 15.8 Å². The fourth-order valence-corrected chi connectivity index (χ4v) is 3.21. The lowest BCUT2D eigenvalue weighted by Gasteiger charge is -2.09. The van der Waals surface area contributed by atoms with Crippen LogP contribution in [-0.2, 0) is 4.79 Å². The van der Waals surface area contributed by atoms with Crippen molar-refractivity contribution in [2.75, 3.05) is 6.79 Å². The molecule has 1 heterocycles. The molecule has 34 heavy (non-hydrogen) atoms. The monoisotopic (exact) mass is 453 g/mol. The van der Waals surface area contributed by atoms with E-state index in [9.17, 15) is 9.59 Å². The summed E-state index contributed by atoms with van der Waals surface area (Å²) in [4.78, 5) is 25.6. The van der Waals surface area contributed by atoms with Crippen molar-refractivity contribution in [3.63, 3.8) is 0 Å². The van der Waals surface area contributed by atoms with Gasteiger partial charge in [0.25, 0.3) is 11.8 Å². The third kappa shape index (κ3) is 5.98. The number of hydrazone groups is 1. The quantitative estimate of drug-likeness (QED) is 0.315. The van der Waals surface area contributed by atoms with Gasteiger partial charge in [-0.25, -0.2) is 5.43 Å². The zero-order valence-corrected chi connectivity index (χ0v) is 18.5. The van der Waals surface area contributed by atoms with Crippen LogP contribution in [-0.4, -0.2) is 24.8 Å². The highest BCUT2D eigenvalue weighted by atomic mass is 16.7. The van der Waals surface area contributed by atoms with E-state index in [1.807, 2.05) is 49.4 Å². The molecule has 0 aromatic heterocycles. The van der Waals surface area contributed by atoms with Gasteiger partial charge in [-0.15, -0.1) is 0 Å². The van der Waals surface area contributed by atoms with Gasteiger partial charge in [-0.1, -0.05) is 60.7 Å². The number of amides is 2. The van der Waals surface area contributed by atoms with Crippen LogP contribution in [0.1, 0.15) is 28.4 Å². The smallest absolute Gasteiger partial charge is 0.287 e. The summed E-state index contributed by atoms with van der Waals surface area (Å²) < 4.78 is 10.7. The number of rotatable bonds is 7. The topological polar surface area (TPSA) is 89.0 Å². The summed E-state index contributed by atoms with van der Waals surface area (Å²) in [7, 11) is 0. The molecule has 0 spiro atoms. The molecule has 0 atom stereocenters. The Morgan fingerprint density at radius 2 is 1.56 bits per heavy atom. The SMILES string of the molecule is CC(/C=N/NC(=O)/C(=C/c1ccc2c(c1)OCO2)NC(=O)c1ccccc1)=C\c1ccccc1. The van der Waals surface area contributed by atoms with Crippen LogP contribution in [0.4, 0.5) is 0 Å². The third-order valence-electron chi connectivity index (χ3n) is 4.86. The van der Waals surface area contributed by atoms with Gasteiger partial charge >= 0.3 is 0 Å². The molecule has 7 nitrogen and oxygen atoms in total. The van der Waals surface area contributed by atoms with Gasteiger partial charge in [-0.2, -0.15) is 5.10 Å². The first-order valence-corrected chi connectivity index (χ1v) is 10.6. The minimum atomic E-state index is -0.564. The minimum Gasteiger partial charge on any atom is -0.454 e. The van der Waals surface area contributed by atoms with Crippen molar-refractivity contribution < 1.29 is 19.1 Å². The molecule has 2 N–H and O–H groups in total. The van der Waals surface area contributed by atoms with Gasteiger partial charge in [0, 0.05) is 5.56 Å². The molecule has 2 amide bonds. The van der Waals surface area contributed by atoms with Crippen LogP contribution >= 0.6 is 0 Å². The standard InChI is InChI=1S/C27H23N3O4/c1-19(14-20-8-4-2-5-9-20)17-28-30-27(32)23(29-26(31)22-10-6-3-7-11-22)15-21-12-13-24-25(16-21)34-18-33-24/h2-17H,18H2,1H3,(H,29,31)(H,30,32)/b19-14+,23-15-,28-17+. The molecule has 4 rings (SSSR count). The van der Waals surface area contributed by atoms with Crippen molar-refractivity contribution in [1.82, 2.24) is 10.7 Å². The highest BCUT2D eigenvalue weighted by Crippen LogP contribution is 2.33. The molecule has 0 saturated carbocycles. The Morgan fingerprint density at radius 3 is 2.32 bits per heavy atom. The number of benzene rings is 3. The molecule has 0 bridgehead atoms. The molecule has 0 radical (unpaired) electrons. The first-order valence-electron chi connectivity index (χ1n) is 10.6. The second kappa shape index (κ2) is 10.8. The summed E-state index contributed by atoms with van der Waals surface area (Å²) >= 11 is 0. The number of fused-ring (bicyclic) bond motifs is 1. The second-order valence-electron chi connectivity index (χ2n) is 7.49. The number of carbonyl (C=O) groups is 2. The summed E-state index contributed by atoms with van der Waals surface area (Å²) in [6, 6.07) is 23.7. The first-order chi connectivity index (χ1) is 16.6. The summed E-state index contributed by atoms with van der Waals surface area (Å²) in [5, 5.41) is 6.71. The van der Waals surface area contributed by atoms with E-state index in [1.165, 1.54) is 0 Å². The molecule has 1 aliphatic rings. The molecule has 1 aliphatic heterocycles. The molecule has 3 aromatic carbocycles. The van der Waals surface area contributed by atoms with E-state index >= 15 is 0 Å². The van der Waals surface area contributed by atoms with Crippen molar-refractivity contribution in [3.8, 4) is 11.5 Å². The average molecular weight is 453 g/mol. The average Bonchev–Trinajstić information content (AvgIpc) is 3.32. The van der Waals surface area contributed by atoms with Gasteiger partial charge in [0.15, 0.2) is 11.5 Å². The summed E-state index contributed by atoms with van der Waals surface area (Å²) in [5.41, 5.74) is 5.48. The van der Waals surface area contributed by atoms with Crippen LogP contribution in [0.5, 0.6) is 11.5 Å². The van der Waals surface area contributed by atoms with E-state index in [4.69, 9.17) is 9.47 Å². The van der Waals surface area contributed by atoms with Crippen molar-refractivity contribution in [1.29, 1.82) is 0 Å². The molecule has 170 valence electrons. The maximum Gasteiger partial charge on any atom is 0.287 e. The normalized spacial score (nSPS) is 13.1. The maximum absolute atomic E-state index is 12.9. The Bertz CT molecular complexity index is 1270. The third-order valence-corrected chi connectivity index (χ3v) is 4.86. The molecule has 0 saturated heterocycles. The van der Waals surface area contributed by atoms with Gasteiger partial charge in [-0.3, -0.25) is 9.59 Å². The lowest BCUT2D eigenvalue weighted by Crippen LogP contribution is -2.32. The fraction of sp³-hybridized carbons (Fsp3) is 0.0741. The van der Waals surface area contributed by atoms with Crippen LogP contribution in [0.25, 0.3) is 12.2 Å². The summed E-state index contributed by atoms with van der Waals surface area (Å²) in [5.74, 6) is 0.224. The largest absolute Gasteiger partial charge is 0.454 e. The Balaban J connectivity index is 1.52. The van der Waals surface area contributed by atoms with Crippen LogP contribution in [0.3, 0.4) is 0 Å². The van der Waals surface area contributed by atoms with Gasteiger partial charge in [0.2, 0.25) is 6.79 Å². The molecule has 0 fully saturated rings. The van der Waals surface area contributed by atoms with E-state index in [1.54, 1.807) is 54.8 Å². The Labute approximate surface area is 197 Å². The predicted octanol–water partition coefficient (Wildman–Crippen LogP) is 4.39. The van der Waals surface area contributed by atoms with Crippen LogP contribution in [0.2, 0.25) is 0 Å². The van der Waals surface area contributed by atoms with Crippen LogP contribution in [0.15, 0.2) is 95.2 Å². The number of hydrogen-bond donors (Lipinski definition) is 2. The summed E-state index contributed by atoms with van der Waals surface area (Å²) in [6.07, 6.45) is 5.04.